The summed E-state index contributed by atoms with van der Waals surface area (Å²) in [5, 5.41) is 0.644. The lowest BCUT2D eigenvalue weighted by molar-refractivity contribution is 0.0980. The SMILES string of the molecule is CC1Cc2cc(Br)ccc2N1C(=O)c1cn2c3c(cccc3c1=O)CC2C. The number of nitrogens with zero attached hydrogens (tertiary/aromatic N) is 2. The first-order chi connectivity index (χ1) is 13.0. The molecule has 0 saturated heterocycles. The molecule has 136 valence electrons. The van der Waals surface area contributed by atoms with Crippen LogP contribution in [0.3, 0.4) is 0 Å². The minimum atomic E-state index is -0.205. The van der Waals surface area contributed by atoms with E-state index in [2.05, 4.69) is 39.6 Å². The fraction of sp³-hybridized carbons (Fsp3) is 0.273. The number of para-hydroxylation sites is 1. The van der Waals surface area contributed by atoms with Gasteiger partial charge in [-0.05, 0) is 62.1 Å². The smallest absolute Gasteiger partial charge is 0.264 e. The Hall–Kier alpha value is -2.40. The van der Waals surface area contributed by atoms with Gasteiger partial charge in [0, 0.05) is 33.8 Å². The average molecular weight is 423 g/mol. The van der Waals surface area contributed by atoms with Crippen LogP contribution in [0.1, 0.15) is 41.4 Å². The molecule has 0 fully saturated rings. The highest BCUT2D eigenvalue weighted by Gasteiger charge is 2.34. The molecule has 2 atom stereocenters. The Kier molecular flexibility index (Phi) is 3.60. The van der Waals surface area contributed by atoms with Crippen molar-refractivity contribution in [3.63, 3.8) is 0 Å². The van der Waals surface area contributed by atoms with Crippen molar-refractivity contribution in [1.82, 2.24) is 4.57 Å². The van der Waals surface area contributed by atoms with E-state index in [9.17, 15) is 9.59 Å². The number of anilines is 1. The number of hydrogen-bond acceptors (Lipinski definition) is 2. The van der Waals surface area contributed by atoms with Crippen molar-refractivity contribution in [2.75, 3.05) is 4.90 Å². The van der Waals surface area contributed by atoms with Gasteiger partial charge in [0.2, 0.25) is 5.43 Å². The molecule has 0 spiro atoms. The van der Waals surface area contributed by atoms with Crippen molar-refractivity contribution < 1.29 is 4.79 Å². The van der Waals surface area contributed by atoms with Gasteiger partial charge in [-0.1, -0.05) is 28.1 Å². The third-order valence-electron chi connectivity index (χ3n) is 5.83. The minimum Gasteiger partial charge on any atom is -0.343 e. The van der Waals surface area contributed by atoms with E-state index >= 15 is 0 Å². The zero-order valence-corrected chi connectivity index (χ0v) is 16.8. The molecule has 5 heteroatoms. The van der Waals surface area contributed by atoms with E-state index < -0.39 is 0 Å². The summed E-state index contributed by atoms with van der Waals surface area (Å²) in [6.07, 6.45) is 3.46. The van der Waals surface area contributed by atoms with Gasteiger partial charge in [-0.2, -0.15) is 0 Å². The minimum absolute atomic E-state index is 0.0271. The summed E-state index contributed by atoms with van der Waals surface area (Å²) in [6.45, 7) is 4.16. The molecule has 3 aromatic rings. The van der Waals surface area contributed by atoms with Crippen LogP contribution < -0.4 is 10.3 Å². The predicted octanol–water partition coefficient (Wildman–Crippen LogP) is 4.47. The fourth-order valence-corrected chi connectivity index (χ4v) is 5.02. The van der Waals surface area contributed by atoms with Crippen molar-refractivity contribution in [1.29, 1.82) is 0 Å². The first-order valence-corrected chi connectivity index (χ1v) is 10.0. The lowest BCUT2D eigenvalue weighted by atomic mass is 10.1. The van der Waals surface area contributed by atoms with Crippen molar-refractivity contribution in [3.05, 3.63) is 74.0 Å². The van der Waals surface area contributed by atoms with Crippen molar-refractivity contribution in [2.45, 2.75) is 38.8 Å². The Morgan fingerprint density at radius 1 is 1.07 bits per heavy atom. The second-order valence-electron chi connectivity index (χ2n) is 7.65. The summed E-state index contributed by atoms with van der Waals surface area (Å²) in [7, 11) is 0. The molecule has 3 heterocycles. The molecule has 2 aliphatic rings. The molecule has 0 bridgehead atoms. The Labute approximate surface area is 165 Å². The van der Waals surface area contributed by atoms with E-state index in [1.165, 1.54) is 5.56 Å². The maximum Gasteiger partial charge on any atom is 0.264 e. The van der Waals surface area contributed by atoms with Gasteiger partial charge in [-0.25, -0.2) is 0 Å². The Morgan fingerprint density at radius 2 is 1.85 bits per heavy atom. The molecular weight excluding hydrogens is 404 g/mol. The second kappa shape index (κ2) is 5.80. The van der Waals surface area contributed by atoms with Crippen LogP contribution in [0.25, 0.3) is 10.9 Å². The Morgan fingerprint density at radius 3 is 2.67 bits per heavy atom. The standard InChI is InChI=1S/C22H19BrN2O2/c1-12-8-14-4-3-5-17-20(14)24(12)11-18(21(17)26)22(27)25-13(2)9-15-10-16(23)6-7-19(15)25/h3-7,10-13H,8-9H2,1-2H3. The maximum absolute atomic E-state index is 13.5. The molecule has 2 aliphatic heterocycles. The van der Waals surface area contributed by atoms with Gasteiger partial charge in [0.1, 0.15) is 5.56 Å². The number of benzene rings is 2. The second-order valence-corrected chi connectivity index (χ2v) is 8.56. The first kappa shape index (κ1) is 16.8. The van der Waals surface area contributed by atoms with E-state index in [1.807, 2.05) is 31.2 Å². The van der Waals surface area contributed by atoms with E-state index in [4.69, 9.17) is 0 Å². The number of amides is 1. The molecule has 4 nitrogen and oxygen atoms in total. The monoisotopic (exact) mass is 422 g/mol. The number of carbonyl (C=O) groups excluding carboxylic acids is 1. The molecule has 1 aromatic heterocycles. The first-order valence-electron chi connectivity index (χ1n) is 9.24. The van der Waals surface area contributed by atoms with Crippen molar-refractivity contribution >= 4 is 38.4 Å². The summed E-state index contributed by atoms with van der Waals surface area (Å²) >= 11 is 3.50. The van der Waals surface area contributed by atoms with Gasteiger partial charge in [0.25, 0.3) is 5.91 Å². The summed E-state index contributed by atoms with van der Waals surface area (Å²) in [5.41, 5.74) is 4.28. The molecule has 0 aliphatic carbocycles. The zero-order chi connectivity index (χ0) is 18.9. The van der Waals surface area contributed by atoms with Crippen LogP contribution in [0.2, 0.25) is 0 Å². The molecule has 0 N–H and O–H groups in total. The number of aromatic nitrogens is 1. The van der Waals surface area contributed by atoms with E-state index in [0.717, 1.165) is 34.1 Å². The highest BCUT2D eigenvalue weighted by Crippen LogP contribution is 2.36. The van der Waals surface area contributed by atoms with Gasteiger partial charge in [-0.3, -0.25) is 9.59 Å². The van der Waals surface area contributed by atoms with Crippen LogP contribution in [-0.2, 0) is 12.8 Å². The number of pyridine rings is 1. The Balaban J connectivity index is 1.69. The van der Waals surface area contributed by atoms with Crippen LogP contribution in [0.5, 0.6) is 0 Å². The van der Waals surface area contributed by atoms with Gasteiger partial charge in [0.15, 0.2) is 0 Å². The highest BCUT2D eigenvalue weighted by atomic mass is 79.9. The van der Waals surface area contributed by atoms with Crippen molar-refractivity contribution in [3.8, 4) is 0 Å². The lowest BCUT2D eigenvalue weighted by Crippen LogP contribution is -2.38. The average Bonchev–Trinajstić information content (AvgIpc) is 3.13. The normalized spacial score (nSPS) is 20.3. The van der Waals surface area contributed by atoms with Gasteiger partial charge in [0.05, 0.1) is 5.52 Å². The molecule has 0 radical (unpaired) electrons. The maximum atomic E-state index is 13.5. The largest absolute Gasteiger partial charge is 0.343 e. The van der Waals surface area contributed by atoms with E-state index in [-0.39, 0.29) is 29.0 Å². The number of carbonyl (C=O) groups is 1. The topological polar surface area (TPSA) is 42.3 Å². The number of halogens is 1. The van der Waals surface area contributed by atoms with E-state index in [1.54, 1.807) is 11.1 Å². The molecular formula is C22H19BrN2O2. The quantitative estimate of drug-likeness (QED) is 0.580. The predicted molar refractivity (Wildman–Crippen MR) is 111 cm³/mol. The van der Waals surface area contributed by atoms with Crippen LogP contribution >= 0.6 is 15.9 Å². The highest BCUT2D eigenvalue weighted by molar-refractivity contribution is 9.10. The molecule has 2 unspecified atom stereocenters. The van der Waals surface area contributed by atoms with Gasteiger partial charge >= 0.3 is 0 Å². The molecule has 2 aromatic carbocycles. The van der Waals surface area contributed by atoms with Crippen LogP contribution in [-0.4, -0.2) is 16.5 Å². The molecule has 5 rings (SSSR count). The van der Waals surface area contributed by atoms with Crippen LogP contribution in [0.4, 0.5) is 5.69 Å². The van der Waals surface area contributed by atoms with Crippen LogP contribution in [0.15, 0.2) is 51.9 Å². The number of hydrogen-bond donors (Lipinski definition) is 0. The van der Waals surface area contributed by atoms with Crippen LogP contribution in [0, 0.1) is 0 Å². The summed E-state index contributed by atoms with van der Waals surface area (Å²) in [4.78, 5) is 28.4. The lowest BCUT2D eigenvalue weighted by Gasteiger charge is -2.23. The molecule has 27 heavy (non-hydrogen) atoms. The van der Waals surface area contributed by atoms with Crippen molar-refractivity contribution in [2.24, 2.45) is 0 Å². The molecule has 0 saturated carbocycles. The van der Waals surface area contributed by atoms with Gasteiger partial charge in [-0.15, -0.1) is 0 Å². The van der Waals surface area contributed by atoms with Gasteiger partial charge < -0.3 is 9.47 Å². The van der Waals surface area contributed by atoms with E-state index in [0.29, 0.717) is 5.39 Å². The third kappa shape index (κ3) is 2.34. The molecule has 1 amide bonds. The summed E-state index contributed by atoms with van der Waals surface area (Å²) in [6, 6.07) is 12.1. The zero-order valence-electron chi connectivity index (χ0n) is 15.2. The third-order valence-corrected chi connectivity index (χ3v) is 6.33. The summed E-state index contributed by atoms with van der Waals surface area (Å²) in [5.74, 6) is -0.205. The fourth-order valence-electron chi connectivity index (χ4n) is 4.61. The Bertz CT molecular complexity index is 1180. The number of rotatable bonds is 1. The summed E-state index contributed by atoms with van der Waals surface area (Å²) < 4.78 is 3.10. The number of fused-ring (bicyclic) bond motifs is 1.